The highest BCUT2D eigenvalue weighted by Crippen LogP contribution is 2.33. The summed E-state index contributed by atoms with van der Waals surface area (Å²) in [4.78, 5) is 0. The van der Waals surface area contributed by atoms with E-state index in [4.69, 9.17) is 4.74 Å². The number of ether oxygens (including phenoxy) is 1. The lowest BCUT2D eigenvalue weighted by atomic mass is 9.94. The predicted octanol–water partition coefficient (Wildman–Crippen LogP) is 4.21. The van der Waals surface area contributed by atoms with Crippen molar-refractivity contribution in [2.45, 2.75) is 13.0 Å². The van der Waals surface area contributed by atoms with Crippen LogP contribution in [0.3, 0.4) is 0 Å². The highest BCUT2D eigenvalue weighted by Gasteiger charge is 2.19. The minimum Gasteiger partial charge on any atom is -0.496 e. The van der Waals surface area contributed by atoms with E-state index in [0.29, 0.717) is 0 Å². The van der Waals surface area contributed by atoms with Gasteiger partial charge in [0, 0.05) is 10.0 Å². The van der Waals surface area contributed by atoms with Gasteiger partial charge < -0.3 is 10.1 Å². The molecule has 20 heavy (non-hydrogen) atoms. The lowest BCUT2D eigenvalue weighted by molar-refractivity contribution is 0.405. The second kappa shape index (κ2) is 6.37. The monoisotopic (exact) mass is 337 g/mol. The summed E-state index contributed by atoms with van der Waals surface area (Å²) < 4.78 is 19.9. The van der Waals surface area contributed by atoms with E-state index >= 15 is 0 Å². The van der Waals surface area contributed by atoms with Crippen LogP contribution in [0.2, 0.25) is 0 Å². The van der Waals surface area contributed by atoms with E-state index in [1.807, 2.05) is 32.2 Å². The van der Waals surface area contributed by atoms with Crippen LogP contribution < -0.4 is 10.1 Å². The van der Waals surface area contributed by atoms with Crippen molar-refractivity contribution in [3.8, 4) is 5.75 Å². The van der Waals surface area contributed by atoms with Gasteiger partial charge in [0.25, 0.3) is 0 Å². The molecule has 0 fully saturated rings. The molecule has 1 N–H and O–H groups in total. The number of halogens is 2. The lowest BCUT2D eigenvalue weighted by Gasteiger charge is -2.22. The van der Waals surface area contributed by atoms with Gasteiger partial charge in [0.2, 0.25) is 0 Å². The molecule has 0 aromatic heterocycles. The van der Waals surface area contributed by atoms with Crippen LogP contribution in [0.1, 0.15) is 22.7 Å². The number of rotatable bonds is 4. The standard InChI is InChI=1S/C16H17BrFNO/c1-10-4-6-12(18)9-13(10)16(19-2)14-8-11(17)5-7-15(14)20-3/h4-9,16,19H,1-3H3. The zero-order valence-electron chi connectivity index (χ0n) is 11.7. The van der Waals surface area contributed by atoms with Gasteiger partial charge >= 0.3 is 0 Å². The zero-order valence-corrected chi connectivity index (χ0v) is 13.3. The van der Waals surface area contributed by atoms with Gasteiger partial charge in [-0.25, -0.2) is 4.39 Å². The van der Waals surface area contributed by atoms with Gasteiger partial charge in [0.05, 0.1) is 13.2 Å². The number of methoxy groups -OCH3 is 1. The first-order valence-electron chi connectivity index (χ1n) is 6.33. The summed E-state index contributed by atoms with van der Waals surface area (Å²) in [6, 6.07) is 10.5. The molecule has 2 aromatic rings. The van der Waals surface area contributed by atoms with Crippen molar-refractivity contribution in [2.24, 2.45) is 0 Å². The van der Waals surface area contributed by atoms with E-state index in [1.165, 1.54) is 6.07 Å². The van der Waals surface area contributed by atoms with Crippen LogP contribution in [0, 0.1) is 12.7 Å². The van der Waals surface area contributed by atoms with Crippen molar-refractivity contribution in [3.63, 3.8) is 0 Å². The fourth-order valence-corrected chi connectivity index (χ4v) is 2.71. The number of benzene rings is 2. The van der Waals surface area contributed by atoms with E-state index in [2.05, 4.69) is 21.2 Å². The van der Waals surface area contributed by atoms with Crippen LogP contribution in [0.15, 0.2) is 40.9 Å². The molecule has 2 aromatic carbocycles. The average Bonchev–Trinajstić information content (AvgIpc) is 2.44. The van der Waals surface area contributed by atoms with E-state index < -0.39 is 0 Å². The van der Waals surface area contributed by atoms with Crippen molar-refractivity contribution < 1.29 is 9.13 Å². The Labute approximate surface area is 127 Å². The Kier molecular flexibility index (Phi) is 4.78. The van der Waals surface area contributed by atoms with Crippen molar-refractivity contribution in [3.05, 3.63) is 63.4 Å². The largest absolute Gasteiger partial charge is 0.496 e. The highest BCUT2D eigenvalue weighted by molar-refractivity contribution is 9.10. The normalized spacial score (nSPS) is 12.2. The second-order valence-corrected chi connectivity index (χ2v) is 5.52. The van der Waals surface area contributed by atoms with Crippen molar-refractivity contribution in [2.75, 3.05) is 14.2 Å². The molecule has 0 aliphatic rings. The molecule has 106 valence electrons. The van der Waals surface area contributed by atoms with Crippen LogP contribution in [0.25, 0.3) is 0 Å². The maximum absolute atomic E-state index is 13.6. The average molecular weight is 338 g/mol. The summed E-state index contributed by atoms with van der Waals surface area (Å²) in [5, 5.41) is 3.24. The number of aryl methyl sites for hydroxylation is 1. The fraction of sp³-hybridized carbons (Fsp3) is 0.250. The molecule has 1 unspecified atom stereocenters. The molecule has 0 bridgehead atoms. The van der Waals surface area contributed by atoms with Crippen LogP contribution in [0.5, 0.6) is 5.75 Å². The summed E-state index contributed by atoms with van der Waals surface area (Å²) in [7, 11) is 3.49. The van der Waals surface area contributed by atoms with Gasteiger partial charge in [-0.1, -0.05) is 22.0 Å². The summed E-state index contributed by atoms with van der Waals surface area (Å²) >= 11 is 3.47. The molecule has 1 atom stereocenters. The smallest absolute Gasteiger partial charge is 0.124 e. The molecule has 0 amide bonds. The Hall–Kier alpha value is -1.39. The van der Waals surface area contributed by atoms with Gasteiger partial charge in [-0.2, -0.15) is 0 Å². The van der Waals surface area contributed by atoms with Crippen molar-refractivity contribution in [1.82, 2.24) is 5.32 Å². The van der Waals surface area contributed by atoms with Crippen LogP contribution >= 0.6 is 15.9 Å². The maximum atomic E-state index is 13.6. The van der Waals surface area contributed by atoms with Crippen molar-refractivity contribution in [1.29, 1.82) is 0 Å². The van der Waals surface area contributed by atoms with Gasteiger partial charge in [-0.15, -0.1) is 0 Å². The predicted molar refractivity (Wildman–Crippen MR) is 82.7 cm³/mol. The molecular formula is C16H17BrFNO. The number of nitrogens with one attached hydrogen (secondary N) is 1. The van der Waals surface area contributed by atoms with Gasteiger partial charge in [0.15, 0.2) is 0 Å². The molecule has 4 heteroatoms. The third kappa shape index (κ3) is 3.02. The number of hydrogen-bond donors (Lipinski definition) is 1. The van der Waals surface area contributed by atoms with Crippen molar-refractivity contribution >= 4 is 15.9 Å². The van der Waals surface area contributed by atoms with Gasteiger partial charge in [0.1, 0.15) is 11.6 Å². The Morgan fingerprint density at radius 2 is 1.90 bits per heavy atom. The second-order valence-electron chi connectivity index (χ2n) is 4.61. The summed E-state index contributed by atoms with van der Waals surface area (Å²) in [5.41, 5.74) is 2.91. The first kappa shape index (κ1) is 15.0. The Balaban J connectivity index is 2.57. The minimum absolute atomic E-state index is 0.127. The number of hydrogen-bond acceptors (Lipinski definition) is 2. The highest BCUT2D eigenvalue weighted by atomic mass is 79.9. The quantitative estimate of drug-likeness (QED) is 0.902. The molecule has 0 spiro atoms. The van der Waals surface area contributed by atoms with Gasteiger partial charge in [-0.05, 0) is 55.4 Å². The summed E-state index contributed by atoms with van der Waals surface area (Å²) in [6.45, 7) is 1.98. The van der Waals surface area contributed by atoms with Crippen LogP contribution in [-0.4, -0.2) is 14.2 Å². The summed E-state index contributed by atoms with van der Waals surface area (Å²) in [6.07, 6.45) is 0. The third-order valence-corrected chi connectivity index (χ3v) is 3.84. The first-order valence-corrected chi connectivity index (χ1v) is 7.13. The molecular weight excluding hydrogens is 321 g/mol. The molecule has 2 nitrogen and oxygen atoms in total. The van der Waals surface area contributed by atoms with Crippen LogP contribution in [-0.2, 0) is 0 Å². The SMILES string of the molecule is CNC(c1cc(F)ccc1C)c1cc(Br)ccc1OC. The van der Waals surface area contributed by atoms with Gasteiger partial charge in [-0.3, -0.25) is 0 Å². The Bertz CT molecular complexity index is 615. The maximum Gasteiger partial charge on any atom is 0.124 e. The topological polar surface area (TPSA) is 21.3 Å². The molecule has 0 saturated carbocycles. The molecule has 0 saturated heterocycles. The molecule has 0 heterocycles. The van der Waals surface area contributed by atoms with Crippen LogP contribution in [0.4, 0.5) is 4.39 Å². The van der Waals surface area contributed by atoms with E-state index in [9.17, 15) is 4.39 Å². The fourth-order valence-electron chi connectivity index (χ4n) is 2.33. The Morgan fingerprint density at radius 1 is 1.15 bits per heavy atom. The molecule has 0 radical (unpaired) electrons. The summed E-state index contributed by atoms with van der Waals surface area (Å²) in [5.74, 6) is 0.538. The minimum atomic E-state index is -0.236. The molecule has 0 aliphatic carbocycles. The Morgan fingerprint density at radius 3 is 2.55 bits per heavy atom. The van der Waals surface area contributed by atoms with E-state index in [-0.39, 0.29) is 11.9 Å². The molecule has 0 aliphatic heterocycles. The third-order valence-electron chi connectivity index (χ3n) is 3.34. The first-order chi connectivity index (χ1) is 9.56. The van der Waals surface area contributed by atoms with E-state index in [0.717, 1.165) is 26.9 Å². The molecule has 2 rings (SSSR count). The zero-order chi connectivity index (χ0) is 14.7. The van der Waals surface area contributed by atoms with E-state index in [1.54, 1.807) is 19.2 Å². The lowest BCUT2D eigenvalue weighted by Crippen LogP contribution is -2.19.